The molecule has 1 aromatic heterocycles. The van der Waals surface area contributed by atoms with Crippen LogP contribution in [0.15, 0.2) is 16.5 Å². The highest BCUT2D eigenvalue weighted by Crippen LogP contribution is 2.01. The zero-order valence-corrected chi connectivity index (χ0v) is 6.41. The molecule has 1 heterocycles. The van der Waals surface area contributed by atoms with Gasteiger partial charge in [0.25, 0.3) is 0 Å². The standard InChI is InChI=1S/C5H5BCl2O/c1-4-2-3-5(9-4)6(7)8/h2-3H,1H3. The van der Waals surface area contributed by atoms with Gasteiger partial charge >= 0.3 is 5.54 Å². The third kappa shape index (κ3) is 1.67. The Morgan fingerprint density at radius 3 is 2.33 bits per heavy atom. The van der Waals surface area contributed by atoms with Crippen LogP contribution >= 0.6 is 22.9 Å². The molecule has 9 heavy (non-hydrogen) atoms. The fraction of sp³-hybridized carbons (Fsp3) is 0.200. The van der Waals surface area contributed by atoms with E-state index < -0.39 is 5.54 Å². The highest BCUT2D eigenvalue weighted by molar-refractivity contribution is 7.39. The van der Waals surface area contributed by atoms with E-state index in [9.17, 15) is 0 Å². The van der Waals surface area contributed by atoms with Crippen LogP contribution in [0.3, 0.4) is 0 Å². The first-order valence-corrected chi connectivity index (χ1v) is 3.42. The minimum atomic E-state index is -0.543. The van der Waals surface area contributed by atoms with E-state index in [0.717, 1.165) is 5.76 Å². The van der Waals surface area contributed by atoms with Crippen LogP contribution in [0.25, 0.3) is 0 Å². The van der Waals surface area contributed by atoms with Crippen molar-refractivity contribution in [1.29, 1.82) is 0 Å². The second-order valence-corrected chi connectivity index (χ2v) is 2.85. The molecule has 0 saturated heterocycles. The molecule has 0 fully saturated rings. The molecule has 48 valence electrons. The van der Waals surface area contributed by atoms with Gasteiger partial charge in [-0.05, 0) is 19.1 Å². The van der Waals surface area contributed by atoms with Gasteiger partial charge in [-0.25, -0.2) is 0 Å². The molecule has 0 bridgehead atoms. The number of halogens is 2. The molecule has 0 N–H and O–H groups in total. The zero-order chi connectivity index (χ0) is 6.85. The van der Waals surface area contributed by atoms with E-state index in [2.05, 4.69) is 0 Å². The second kappa shape index (κ2) is 2.67. The maximum absolute atomic E-state index is 5.49. The maximum atomic E-state index is 5.49. The van der Waals surface area contributed by atoms with E-state index in [1.807, 2.05) is 13.0 Å². The molecule has 0 unspecified atom stereocenters. The third-order valence-corrected chi connectivity index (χ3v) is 1.41. The molecular formula is C5H5BCl2O. The van der Waals surface area contributed by atoms with Gasteiger partial charge in [0.05, 0.1) is 5.76 Å². The molecule has 0 aliphatic carbocycles. The van der Waals surface area contributed by atoms with Gasteiger partial charge in [-0.3, -0.25) is 0 Å². The first kappa shape index (κ1) is 7.04. The van der Waals surface area contributed by atoms with Gasteiger partial charge in [-0.2, -0.15) is 22.9 Å². The molecule has 0 aliphatic rings. The van der Waals surface area contributed by atoms with Crippen LogP contribution < -0.4 is 5.66 Å². The van der Waals surface area contributed by atoms with E-state index in [0.29, 0.717) is 5.66 Å². The number of hydrogen-bond donors (Lipinski definition) is 0. The Labute approximate surface area is 63.9 Å². The summed E-state index contributed by atoms with van der Waals surface area (Å²) in [4.78, 5) is 0. The second-order valence-electron chi connectivity index (χ2n) is 1.75. The maximum Gasteiger partial charge on any atom is 0.420 e. The van der Waals surface area contributed by atoms with Gasteiger partial charge in [0.1, 0.15) is 5.66 Å². The van der Waals surface area contributed by atoms with Crippen LogP contribution in [-0.4, -0.2) is 5.54 Å². The van der Waals surface area contributed by atoms with Crippen molar-refractivity contribution in [3.8, 4) is 0 Å². The SMILES string of the molecule is Cc1ccc(B(Cl)Cl)o1. The van der Waals surface area contributed by atoms with Crippen molar-refractivity contribution in [2.75, 3.05) is 0 Å². The fourth-order valence-electron chi connectivity index (χ4n) is 0.571. The topological polar surface area (TPSA) is 13.1 Å². The van der Waals surface area contributed by atoms with Gasteiger partial charge in [0.15, 0.2) is 0 Å². The van der Waals surface area contributed by atoms with E-state index in [1.165, 1.54) is 0 Å². The summed E-state index contributed by atoms with van der Waals surface area (Å²) in [6, 6.07) is 3.59. The van der Waals surface area contributed by atoms with Crippen LogP contribution in [-0.2, 0) is 0 Å². The summed E-state index contributed by atoms with van der Waals surface area (Å²) in [5, 5.41) is 0. The molecule has 0 spiro atoms. The first-order valence-electron chi connectivity index (χ1n) is 2.54. The van der Waals surface area contributed by atoms with Crippen LogP contribution in [0, 0.1) is 6.92 Å². The Balaban J connectivity index is 2.85. The highest BCUT2D eigenvalue weighted by atomic mass is 35.5. The Hall–Kier alpha value is -0.0751. The predicted molar refractivity (Wildman–Crippen MR) is 40.5 cm³/mol. The molecule has 0 aromatic carbocycles. The molecule has 4 heteroatoms. The molecular weight excluding hydrogens is 158 g/mol. The van der Waals surface area contributed by atoms with Crippen molar-refractivity contribution in [2.24, 2.45) is 0 Å². The van der Waals surface area contributed by atoms with E-state index in [-0.39, 0.29) is 0 Å². The molecule has 0 atom stereocenters. The minimum absolute atomic E-state index is 0.543. The third-order valence-electron chi connectivity index (χ3n) is 0.976. The molecule has 0 amide bonds. The van der Waals surface area contributed by atoms with Gasteiger partial charge < -0.3 is 4.42 Å². The van der Waals surface area contributed by atoms with Crippen molar-refractivity contribution < 1.29 is 4.42 Å². The summed E-state index contributed by atoms with van der Waals surface area (Å²) in [6.45, 7) is 1.85. The number of rotatable bonds is 1. The lowest BCUT2D eigenvalue weighted by Gasteiger charge is -1.87. The van der Waals surface area contributed by atoms with Crippen LogP contribution in [0.5, 0.6) is 0 Å². The fourth-order valence-corrected chi connectivity index (χ4v) is 0.805. The molecule has 0 saturated carbocycles. The Morgan fingerprint density at radius 1 is 1.44 bits per heavy atom. The zero-order valence-electron chi connectivity index (χ0n) is 4.90. The number of furan rings is 1. The summed E-state index contributed by atoms with van der Waals surface area (Å²) in [5.41, 5.74) is 0.0644. The van der Waals surface area contributed by atoms with Gasteiger partial charge in [-0.15, -0.1) is 0 Å². The number of aryl methyl sites for hydroxylation is 1. The highest BCUT2D eigenvalue weighted by Gasteiger charge is 2.12. The Bertz CT molecular complexity index is 197. The monoisotopic (exact) mass is 162 g/mol. The summed E-state index contributed by atoms with van der Waals surface area (Å²) in [7, 11) is 0. The Morgan fingerprint density at radius 2 is 2.11 bits per heavy atom. The van der Waals surface area contributed by atoms with E-state index >= 15 is 0 Å². The molecule has 0 radical (unpaired) electrons. The lowest BCUT2D eigenvalue weighted by Crippen LogP contribution is -2.14. The van der Waals surface area contributed by atoms with Crippen molar-refractivity contribution in [3.63, 3.8) is 0 Å². The molecule has 0 aliphatic heterocycles. The van der Waals surface area contributed by atoms with E-state index in [1.54, 1.807) is 6.07 Å². The Kier molecular flexibility index (Phi) is 2.09. The normalized spacial score (nSPS) is 9.67. The average molecular weight is 163 g/mol. The lowest BCUT2D eigenvalue weighted by atomic mass is 10.0. The van der Waals surface area contributed by atoms with Crippen LogP contribution in [0.2, 0.25) is 0 Å². The summed E-state index contributed by atoms with van der Waals surface area (Å²) in [5.74, 6) is 0.830. The van der Waals surface area contributed by atoms with Gasteiger partial charge in [0.2, 0.25) is 0 Å². The predicted octanol–water partition coefficient (Wildman–Crippen LogP) is 1.76. The summed E-state index contributed by atoms with van der Waals surface area (Å²) < 4.78 is 5.08. The molecule has 1 nitrogen and oxygen atoms in total. The van der Waals surface area contributed by atoms with Crippen molar-refractivity contribution in [1.82, 2.24) is 0 Å². The van der Waals surface area contributed by atoms with Crippen molar-refractivity contribution in [2.45, 2.75) is 6.92 Å². The average Bonchev–Trinajstić information content (AvgIpc) is 2.14. The number of hydrogen-bond acceptors (Lipinski definition) is 1. The van der Waals surface area contributed by atoms with Crippen molar-refractivity contribution in [3.05, 3.63) is 17.9 Å². The van der Waals surface area contributed by atoms with Crippen LogP contribution in [0.1, 0.15) is 5.76 Å². The van der Waals surface area contributed by atoms with Gasteiger partial charge in [0, 0.05) is 0 Å². The summed E-state index contributed by atoms with van der Waals surface area (Å²) >= 11 is 11.0. The lowest BCUT2D eigenvalue weighted by molar-refractivity contribution is 0.565. The molecule has 1 aromatic rings. The van der Waals surface area contributed by atoms with E-state index in [4.69, 9.17) is 27.3 Å². The minimum Gasteiger partial charge on any atom is -0.473 e. The smallest absolute Gasteiger partial charge is 0.420 e. The quantitative estimate of drug-likeness (QED) is 0.574. The largest absolute Gasteiger partial charge is 0.473 e. The first-order chi connectivity index (χ1) is 4.20. The van der Waals surface area contributed by atoms with Gasteiger partial charge in [-0.1, -0.05) is 0 Å². The molecule has 1 rings (SSSR count). The summed E-state index contributed by atoms with van der Waals surface area (Å²) in [6.07, 6.45) is 0. The van der Waals surface area contributed by atoms with Crippen LogP contribution in [0.4, 0.5) is 0 Å². The van der Waals surface area contributed by atoms with Crippen molar-refractivity contribution >= 4 is 34.1 Å².